The standard InChI is InChI=1S/C24H28FNO2/c25-19-10-8-18(9-11-19)24(16-4-1-5-17-24)23(27)26-20-12-14-22(15-13-20)28-21-6-2-3-7-21/h8-15,21H,1-7,16-17H2,(H,26,27). The van der Waals surface area contributed by atoms with Crippen molar-refractivity contribution in [2.45, 2.75) is 69.3 Å². The second-order valence-electron chi connectivity index (χ2n) is 8.15. The molecule has 4 heteroatoms. The highest BCUT2D eigenvalue weighted by Gasteiger charge is 2.41. The second kappa shape index (κ2) is 8.34. The molecule has 0 aliphatic heterocycles. The van der Waals surface area contributed by atoms with Crippen LogP contribution in [0.15, 0.2) is 48.5 Å². The molecule has 0 heterocycles. The van der Waals surface area contributed by atoms with E-state index < -0.39 is 5.41 Å². The molecule has 28 heavy (non-hydrogen) atoms. The maximum absolute atomic E-state index is 13.4. The summed E-state index contributed by atoms with van der Waals surface area (Å²) in [6.45, 7) is 0. The molecule has 0 radical (unpaired) electrons. The summed E-state index contributed by atoms with van der Waals surface area (Å²) in [6, 6.07) is 14.1. The second-order valence-corrected chi connectivity index (χ2v) is 8.15. The van der Waals surface area contributed by atoms with E-state index in [1.165, 1.54) is 25.0 Å². The number of anilines is 1. The predicted octanol–water partition coefficient (Wildman–Crippen LogP) is 5.99. The van der Waals surface area contributed by atoms with Crippen molar-refractivity contribution in [1.29, 1.82) is 0 Å². The van der Waals surface area contributed by atoms with E-state index in [2.05, 4.69) is 5.32 Å². The molecule has 1 amide bonds. The number of amides is 1. The van der Waals surface area contributed by atoms with Gasteiger partial charge in [0.15, 0.2) is 0 Å². The van der Waals surface area contributed by atoms with Crippen molar-refractivity contribution in [3.63, 3.8) is 0 Å². The highest BCUT2D eigenvalue weighted by atomic mass is 19.1. The van der Waals surface area contributed by atoms with Gasteiger partial charge in [-0.25, -0.2) is 4.39 Å². The molecule has 0 spiro atoms. The fourth-order valence-electron chi connectivity index (χ4n) is 4.64. The summed E-state index contributed by atoms with van der Waals surface area (Å²) in [5.41, 5.74) is 1.11. The molecule has 2 aromatic rings. The Balaban J connectivity index is 1.48. The molecule has 0 atom stereocenters. The third-order valence-corrected chi connectivity index (χ3v) is 6.26. The van der Waals surface area contributed by atoms with Gasteiger partial charge in [0.2, 0.25) is 5.91 Å². The van der Waals surface area contributed by atoms with Crippen LogP contribution in [0.3, 0.4) is 0 Å². The monoisotopic (exact) mass is 381 g/mol. The van der Waals surface area contributed by atoms with Gasteiger partial charge in [-0.05, 0) is 80.5 Å². The lowest BCUT2D eigenvalue weighted by Crippen LogP contribution is -2.42. The SMILES string of the molecule is O=C(Nc1ccc(OC2CCCC2)cc1)C1(c2ccc(F)cc2)CCCCC1. The summed E-state index contributed by atoms with van der Waals surface area (Å²) in [4.78, 5) is 13.3. The molecule has 2 fully saturated rings. The van der Waals surface area contributed by atoms with Crippen LogP contribution in [0, 0.1) is 5.82 Å². The first-order valence-corrected chi connectivity index (χ1v) is 10.5. The fourth-order valence-corrected chi connectivity index (χ4v) is 4.64. The van der Waals surface area contributed by atoms with Crippen LogP contribution in [0.2, 0.25) is 0 Å². The van der Waals surface area contributed by atoms with Crippen molar-refractivity contribution in [2.75, 3.05) is 5.32 Å². The summed E-state index contributed by atoms with van der Waals surface area (Å²) in [6.07, 6.45) is 9.82. The van der Waals surface area contributed by atoms with Crippen molar-refractivity contribution < 1.29 is 13.9 Å². The molecular weight excluding hydrogens is 353 g/mol. The Bertz CT molecular complexity index is 788. The first kappa shape index (κ1) is 19.0. The molecule has 4 rings (SSSR count). The molecule has 3 nitrogen and oxygen atoms in total. The van der Waals surface area contributed by atoms with E-state index in [-0.39, 0.29) is 11.7 Å². The Hall–Kier alpha value is -2.36. The van der Waals surface area contributed by atoms with Crippen molar-refractivity contribution in [1.82, 2.24) is 0 Å². The molecule has 2 saturated carbocycles. The summed E-state index contributed by atoms with van der Waals surface area (Å²) in [5, 5.41) is 3.10. The molecule has 148 valence electrons. The van der Waals surface area contributed by atoms with Gasteiger partial charge in [-0.15, -0.1) is 0 Å². The minimum Gasteiger partial charge on any atom is -0.490 e. The van der Waals surface area contributed by atoms with Crippen LogP contribution in [0.25, 0.3) is 0 Å². The lowest BCUT2D eigenvalue weighted by molar-refractivity contribution is -0.122. The first-order chi connectivity index (χ1) is 13.7. The maximum atomic E-state index is 13.4. The number of rotatable bonds is 5. The van der Waals surface area contributed by atoms with E-state index in [9.17, 15) is 9.18 Å². The lowest BCUT2D eigenvalue weighted by Gasteiger charge is -2.36. The van der Waals surface area contributed by atoms with Gasteiger partial charge in [0.1, 0.15) is 11.6 Å². The van der Waals surface area contributed by atoms with Crippen LogP contribution in [0.4, 0.5) is 10.1 Å². The van der Waals surface area contributed by atoms with E-state index in [1.807, 2.05) is 24.3 Å². The Labute approximate surface area is 166 Å². The summed E-state index contributed by atoms with van der Waals surface area (Å²) >= 11 is 0. The van der Waals surface area contributed by atoms with Crippen molar-refractivity contribution in [2.24, 2.45) is 0 Å². The molecule has 2 aliphatic carbocycles. The third-order valence-electron chi connectivity index (χ3n) is 6.26. The molecule has 0 bridgehead atoms. The van der Waals surface area contributed by atoms with Gasteiger partial charge in [-0.2, -0.15) is 0 Å². The smallest absolute Gasteiger partial charge is 0.235 e. The Morgan fingerprint density at radius 2 is 1.54 bits per heavy atom. The van der Waals surface area contributed by atoms with Crippen molar-refractivity contribution >= 4 is 11.6 Å². The van der Waals surface area contributed by atoms with E-state index in [4.69, 9.17) is 4.74 Å². The number of carbonyl (C=O) groups excluding carboxylic acids is 1. The number of hydrogen-bond acceptors (Lipinski definition) is 2. The van der Waals surface area contributed by atoms with Crippen LogP contribution < -0.4 is 10.1 Å². The van der Waals surface area contributed by atoms with Crippen LogP contribution in [0.1, 0.15) is 63.4 Å². The number of hydrogen-bond donors (Lipinski definition) is 1. The van der Waals surface area contributed by atoms with Gasteiger partial charge in [0.25, 0.3) is 0 Å². The Morgan fingerprint density at radius 1 is 0.893 bits per heavy atom. The Morgan fingerprint density at radius 3 is 2.18 bits per heavy atom. The van der Waals surface area contributed by atoms with Gasteiger partial charge < -0.3 is 10.1 Å². The molecule has 2 aromatic carbocycles. The van der Waals surface area contributed by atoms with Crippen LogP contribution >= 0.6 is 0 Å². The fraction of sp³-hybridized carbons (Fsp3) is 0.458. The number of benzene rings is 2. The molecule has 0 unspecified atom stereocenters. The number of ether oxygens (including phenoxy) is 1. The van der Waals surface area contributed by atoms with Crippen LogP contribution in [-0.4, -0.2) is 12.0 Å². The molecule has 1 N–H and O–H groups in total. The third kappa shape index (κ3) is 4.06. The highest BCUT2D eigenvalue weighted by molar-refractivity contribution is 5.99. The highest BCUT2D eigenvalue weighted by Crippen LogP contribution is 2.40. The zero-order chi connectivity index (χ0) is 19.4. The zero-order valence-corrected chi connectivity index (χ0v) is 16.3. The zero-order valence-electron chi connectivity index (χ0n) is 16.3. The number of carbonyl (C=O) groups is 1. The number of nitrogens with one attached hydrogen (secondary N) is 1. The van der Waals surface area contributed by atoms with Crippen molar-refractivity contribution in [3.8, 4) is 5.75 Å². The Kier molecular flexibility index (Phi) is 5.65. The maximum Gasteiger partial charge on any atom is 0.235 e. The van der Waals surface area contributed by atoms with Gasteiger partial charge in [0.05, 0.1) is 11.5 Å². The van der Waals surface area contributed by atoms with E-state index >= 15 is 0 Å². The van der Waals surface area contributed by atoms with E-state index in [0.717, 1.165) is 61.9 Å². The molecule has 2 aliphatic rings. The first-order valence-electron chi connectivity index (χ1n) is 10.5. The van der Waals surface area contributed by atoms with E-state index in [1.54, 1.807) is 12.1 Å². The van der Waals surface area contributed by atoms with Crippen molar-refractivity contribution in [3.05, 3.63) is 59.9 Å². The summed E-state index contributed by atoms with van der Waals surface area (Å²) in [5.74, 6) is 0.590. The molecule has 0 saturated heterocycles. The van der Waals surface area contributed by atoms with E-state index in [0.29, 0.717) is 6.10 Å². The summed E-state index contributed by atoms with van der Waals surface area (Å²) in [7, 11) is 0. The lowest BCUT2D eigenvalue weighted by atomic mass is 9.68. The van der Waals surface area contributed by atoms with Gasteiger partial charge in [-0.1, -0.05) is 31.4 Å². The quantitative estimate of drug-likeness (QED) is 0.691. The topological polar surface area (TPSA) is 38.3 Å². The largest absolute Gasteiger partial charge is 0.490 e. The number of halogens is 1. The normalized spacial score (nSPS) is 19.3. The van der Waals surface area contributed by atoms with Crippen LogP contribution in [0.5, 0.6) is 5.75 Å². The van der Waals surface area contributed by atoms with Crippen LogP contribution in [-0.2, 0) is 10.2 Å². The minimum absolute atomic E-state index is 0.00303. The van der Waals surface area contributed by atoms with Gasteiger partial charge >= 0.3 is 0 Å². The van der Waals surface area contributed by atoms with Gasteiger partial charge in [-0.3, -0.25) is 4.79 Å². The molecular formula is C24H28FNO2. The molecule has 0 aromatic heterocycles. The van der Waals surface area contributed by atoms with Gasteiger partial charge in [0, 0.05) is 5.69 Å². The predicted molar refractivity (Wildman–Crippen MR) is 109 cm³/mol. The average molecular weight is 381 g/mol. The average Bonchev–Trinajstić information content (AvgIpc) is 3.23. The summed E-state index contributed by atoms with van der Waals surface area (Å²) < 4.78 is 19.4. The minimum atomic E-state index is -0.578.